The summed E-state index contributed by atoms with van der Waals surface area (Å²) in [5.41, 5.74) is 2.90. The van der Waals surface area contributed by atoms with Gasteiger partial charge in [0.15, 0.2) is 11.5 Å². The van der Waals surface area contributed by atoms with Crippen LogP contribution in [0.5, 0.6) is 11.5 Å². The summed E-state index contributed by atoms with van der Waals surface area (Å²) < 4.78 is 22.9. The van der Waals surface area contributed by atoms with Gasteiger partial charge >= 0.3 is 6.09 Å². The zero-order valence-electron chi connectivity index (χ0n) is 21.5. The van der Waals surface area contributed by atoms with Crippen molar-refractivity contribution in [3.05, 3.63) is 47.5 Å². The molecule has 2 aromatic carbocycles. The van der Waals surface area contributed by atoms with Gasteiger partial charge in [-0.15, -0.1) is 0 Å². The maximum absolute atomic E-state index is 12.4. The molecule has 3 rings (SSSR count). The standard InChI is InChI=1S/C27H36N2O5/c1-26(2,3)34-25(30)29(6)16-15-18-11-9-10-12-19(18)22-20(24-28-27(4,5)17-33-24)13-14-21(31-7)23(22)32-8/h9-14H,15-17H2,1-8H3. The van der Waals surface area contributed by atoms with Crippen molar-refractivity contribution in [2.45, 2.75) is 52.2 Å². The summed E-state index contributed by atoms with van der Waals surface area (Å²) in [6.45, 7) is 10.7. The lowest BCUT2D eigenvalue weighted by molar-refractivity contribution is 0.0301. The monoisotopic (exact) mass is 468 g/mol. The number of carbonyl (C=O) groups is 1. The lowest BCUT2D eigenvalue weighted by Gasteiger charge is -2.25. The Bertz CT molecular complexity index is 1070. The van der Waals surface area contributed by atoms with Gasteiger partial charge in [-0.2, -0.15) is 0 Å². The number of aliphatic imine (C=N–C) groups is 1. The second-order valence-electron chi connectivity index (χ2n) is 10.1. The van der Waals surface area contributed by atoms with E-state index in [0.717, 1.165) is 22.3 Å². The normalized spacial score (nSPS) is 14.8. The molecule has 1 aliphatic heterocycles. The Labute approximate surface area is 202 Å². The summed E-state index contributed by atoms with van der Waals surface area (Å²) in [6.07, 6.45) is 0.283. The van der Waals surface area contributed by atoms with Crippen LogP contribution in [0.2, 0.25) is 0 Å². The number of ether oxygens (including phenoxy) is 4. The second kappa shape index (κ2) is 9.95. The first kappa shape index (κ1) is 25.4. The van der Waals surface area contributed by atoms with Gasteiger partial charge in [0.2, 0.25) is 5.90 Å². The fraction of sp³-hybridized carbons (Fsp3) is 0.481. The molecule has 7 nitrogen and oxygen atoms in total. The zero-order chi connectivity index (χ0) is 25.1. The molecule has 0 aliphatic carbocycles. The summed E-state index contributed by atoms with van der Waals surface area (Å²) in [5.74, 6) is 1.82. The second-order valence-corrected chi connectivity index (χ2v) is 10.1. The smallest absolute Gasteiger partial charge is 0.410 e. The van der Waals surface area contributed by atoms with E-state index >= 15 is 0 Å². The third kappa shape index (κ3) is 5.82. The Morgan fingerprint density at radius 1 is 1.09 bits per heavy atom. The van der Waals surface area contributed by atoms with Crippen molar-refractivity contribution >= 4 is 12.0 Å². The van der Waals surface area contributed by atoms with Crippen LogP contribution in [-0.2, 0) is 15.9 Å². The van der Waals surface area contributed by atoms with Crippen LogP contribution in [0.25, 0.3) is 11.1 Å². The molecule has 7 heteroatoms. The first-order valence-electron chi connectivity index (χ1n) is 11.5. The molecule has 1 heterocycles. The van der Waals surface area contributed by atoms with E-state index in [9.17, 15) is 4.79 Å². The highest BCUT2D eigenvalue weighted by molar-refractivity contribution is 6.04. The molecule has 0 spiro atoms. The highest BCUT2D eigenvalue weighted by atomic mass is 16.6. The first-order chi connectivity index (χ1) is 16.0. The number of rotatable bonds is 7. The lowest BCUT2D eigenvalue weighted by atomic mass is 9.92. The van der Waals surface area contributed by atoms with E-state index in [1.54, 1.807) is 26.2 Å². The van der Waals surface area contributed by atoms with E-state index in [4.69, 9.17) is 23.9 Å². The minimum Gasteiger partial charge on any atom is -0.493 e. The van der Waals surface area contributed by atoms with Crippen molar-refractivity contribution in [3.8, 4) is 22.6 Å². The molecule has 1 aliphatic rings. The van der Waals surface area contributed by atoms with Crippen molar-refractivity contribution < 1.29 is 23.7 Å². The average molecular weight is 469 g/mol. The van der Waals surface area contributed by atoms with E-state index in [2.05, 4.69) is 6.07 Å². The minimum absolute atomic E-state index is 0.296. The number of nitrogens with zero attached hydrogens (tertiary/aromatic N) is 2. The molecule has 0 bridgehead atoms. The first-order valence-corrected chi connectivity index (χ1v) is 11.5. The van der Waals surface area contributed by atoms with Crippen LogP contribution in [0.3, 0.4) is 0 Å². The molecule has 0 unspecified atom stereocenters. The summed E-state index contributed by atoms with van der Waals surface area (Å²) in [7, 11) is 5.00. The van der Waals surface area contributed by atoms with E-state index < -0.39 is 5.60 Å². The van der Waals surface area contributed by atoms with E-state index in [0.29, 0.717) is 37.0 Å². The molecule has 2 aromatic rings. The number of hydrogen-bond donors (Lipinski definition) is 0. The number of amides is 1. The summed E-state index contributed by atoms with van der Waals surface area (Å²) in [6, 6.07) is 11.9. The van der Waals surface area contributed by atoms with E-state index in [-0.39, 0.29) is 11.6 Å². The molecular formula is C27H36N2O5. The van der Waals surface area contributed by atoms with E-state index in [1.807, 2.05) is 65.0 Å². The summed E-state index contributed by atoms with van der Waals surface area (Å²) >= 11 is 0. The number of methoxy groups -OCH3 is 2. The molecular weight excluding hydrogens is 432 g/mol. The summed E-state index contributed by atoms with van der Waals surface area (Å²) in [4.78, 5) is 18.8. The Morgan fingerprint density at radius 3 is 2.38 bits per heavy atom. The molecule has 0 fully saturated rings. The lowest BCUT2D eigenvalue weighted by Crippen LogP contribution is -2.35. The van der Waals surface area contributed by atoms with Gasteiger partial charge in [-0.25, -0.2) is 9.79 Å². The van der Waals surface area contributed by atoms with Crippen molar-refractivity contribution in [1.29, 1.82) is 0 Å². The van der Waals surface area contributed by atoms with Crippen LogP contribution < -0.4 is 9.47 Å². The molecule has 1 amide bonds. The molecule has 0 saturated heterocycles. The van der Waals surface area contributed by atoms with Crippen molar-refractivity contribution in [3.63, 3.8) is 0 Å². The largest absolute Gasteiger partial charge is 0.493 e. The third-order valence-corrected chi connectivity index (χ3v) is 5.45. The maximum atomic E-state index is 12.4. The zero-order valence-corrected chi connectivity index (χ0v) is 21.5. The van der Waals surface area contributed by atoms with Gasteiger partial charge in [0.25, 0.3) is 0 Å². The predicted octanol–water partition coefficient (Wildman–Crippen LogP) is 5.34. The van der Waals surface area contributed by atoms with Gasteiger partial charge in [0.05, 0.1) is 19.8 Å². The molecule has 184 valence electrons. The number of benzene rings is 2. The maximum Gasteiger partial charge on any atom is 0.410 e. The molecule has 0 atom stereocenters. The molecule has 0 saturated carbocycles. The minimum atomic E-state index is -0.540. The van der Waals surface area contributed by atoms with Gasteiger partial charge < -0.3 is 23.8 Å². The van der Waals surface area contributed by atoms with Crippen molar-refractivity contribution in [2.24, 2.45) is 4.99 Å². The molecule has 0 N–H and O–H groups in total. The average Bonchev–Trinajstić information content (AvgIpc) is 3.14. The highest BCUT2D eigenvalue weighted by Crippen LogP contribution is 2.43. The van der Waals surface area contributed by atoms with Crippen LogP contribution in [-0.4, -0.2) is 62.4 Å². The Hall–Kier alpha value is -3.22. The highest BCUT2D eigenvalue weighted by Gasteiger charge is 2.31. The summed E-state index contributed by atoms with van der Waals surface area (Å²) in [5, 5.41) is 0. The van der Waals surface area contributed by atoms with Crippen LogP contribution in [0.4, 0.5) is 4.79 Å². The Kier molecular flexibility index (Phi) is 7.44. The Balaban J connectivity index is 2.03. The van der Waals surface area contributed by atoms with Gasteiger partial charge in [-0.05, 0) is 64.3 Å². The SMILES string of the molecule is COc1ccc(C2=NC(C)(C)CO2)c(-c2ccccc2CCN(C)C(=O)OC(C)(C)C)c1OC. The van der Waals surface area contributed by atoms with Gasteiger partial charge in [0.1, 0.15) is 12.2 Å². The van der Waals surface area contributed by atoms with Crippen LogP contribution >= 0.6 is 0 Å². The van der Waals surface area contributed by atoms with Crippen molar-refractivity contribution in [1.82, 2.24) is 4.90 Å². The number of hydrogen-bond acceptors (Lipinski definition) is 6. The predicted molar refractivity (Wildman–Crippen MR) is 134 cm³/mol. The Morgan fingerprint density at radius 2 is 1.79 bits per heavy atom. The molecule has 34 heavy (non-hydrogen) atoms. The van der Waals surface area contributed by atoms with Crippen LogP contribution in [0, 0.1) is 0 Å². The fourth-order valence-electron chi connectivity index (χ4n) is 3.80. The number of carbonyl (C=O) groups excluding carboxylic acids is 1. The van der Waals surface area contributed by atoms with Gasteiger partial charge in [-0.3, -0.25) is 0 Å². The van der Waals surface area contributed by atoms with Crippen LogP contribution in [0.15, 0.2) is 41.4 Å². The third-order valence-electron chi connectivity index (χ3n) is 5.45. The topological polar surface area (TPSA) is 69.6 Å². The molecule has 0 aromatic heterocycles. The van der Waals surface area contributed by atoms with Gasteiger partial charge in [-0.1, -0.05) is 24.3 Å². The number of likely N-dealkylation sites (N-methyl/N-ethyl adjacent to an activating group) is 1. The molecule has 0 radical (unpaired) electrons. The van der Waals surface area contributed by atoms with Gasteiger partial charge in [0, 0.05) is 24.7 Å². The van der Waals surface area contributed by atoms with E-state index in [1.165, 1.54) is 0 Å². The van der Waals surface area contributed by atoms with Crippen LogP contribution in [0.1, 0.15) is 45.7 Å². The fourth-order valence-corrected chi connectivity index (χ4v) is 3.80. The quantitative estimate of drug-likeness (QED) is 0.549. The van der Waals surface area contributed by atoms with Crippen molar-refractivity contribution in [2.75, 3.05) is 34.4 Å².